The zero-order valence-corrected chi connectivity index (χ0v) is 15.2. The molecular weight excluding hydrogens is 353 g/mol. The van der Waals surface area contributed by atoms with Gasteiger partial charge in [0.15, 0.2) is 11.4 Å². The standard InChI is InChI=1S/C18H22FN5O3/c1-22(2)18(27)20-12-7-9-23(10-8-12)17(26)16-15(25)11-24(21-16)14-6-4-3-5-13(14)19/h3-6,11-12,25H,7-10H2,1-2H3,(H,20,27). The van der Waals surface area contributed by atoms with Gasteiger partial charge in [0.2, 0.25) is 0 Å². The fourth-order valence-electron chi connectivity index (χ4n) is 2.96. The molecule has 0 saturated carbocycles. The van der Waals surface area contributed by atoms with Crippen LogP contribution in [0, 0.1) is 5.82 Å². The summed E-state index contributed by atoms with van der Waals surface area (Å²) < 4.78 is 15.1. The lowest BCUT2D eigenvalue weighted by Gasteiger charge is -2.32. The summed E-state index contributed by atoms with van der Waals surface area (Å²) in [6.07, 6.45) is 2.44. The normalized spacial score (nSPS) is 14.9. The molecular formula is C18H22FN5O3. The van der Waals surface area contributed by atoms with Crippen molar-refractivity contribution in [3.63, 3.8) is 0 Å². The van der Waals surface area contributed by atoms with Crippen molar-refractivity contribution in [2.24, 2.45) is 0 Å². The highest BCUT2D eigenvalue weighted by Crippen LogP contribution is 2.22. The Kier molecular flexibility index (Phi) is 5.29. The van der Waals surface area contributed by atoms with Gasteiger partial charge in [-0.2, -0.15) is 5.10 Å². The molecule has 0 spiro atoms. The number of carbonyl (C=O) groups is 2. The van der Waals surface area contributed by atoms with Crippen molar-refractivity contribution in [3.8, 4) is 11.4 Å². The molecule has 3 amide bonds. The molecule has 2 aromatic rings. The molecule has 9 heteroatoms. The Morgan fingerprint density at radius 3 is 2.56 bits per heavy atom. The number of rotatable bonds is 3. The monoisotopic (exact) mass is 375 g/mol. The molecule has 0 unspecified atom stereocenters. The second-order valence-electron chi connectivity index (χ2n) is 6.67. The van der Waals surface area contributed by atoms with Gasteiger partial charge in [-0.05, 0) is 25.0 Å². The van der Waals surface area contributed by atoms with E-state index in [2.05, 4.69) is 10.4 Å². The largest absolute Gasteiger partial charge is 0.504 e. The Morgan fingerprint density at radius 2 is 1.93 bits per heavy atom. The average Bonchev–Trinajstić information content (AvgIpc) is 3.03. The third-order valence-electron chi connectivity index (χ3n) is 4.51. The predicted molar refractivity (Wildman–Crippen MR) is 96.3 cm³/mol. The van der Waals surface area contributed by atoms with Crippen LogP contribution in [0.5, 0.6) is 5.75 Å². The summed E-state index contributed by atoms with van der Waals surface area (Å²) in [5, 5.41) is 17.1. The van der Waals surface area contributed by atoms with Crippen LogP contribution in [0.3, 0.4) is 0 Å². The number of urea groups is 1. The zero-order valence-electron chi connectivity index (χ0n) is 15.2. The molecule has 0 radical (unpaired) electrons. The number of piperidine rings is 1. The number of nitrogens with zero attached hydrogens (tertiary/aromatic N) is 4. The number of hydrogen-bond acceptors (Lipinski definition) is 4. The molecule has 2 heterocycles. The van der Waals surface area contributed by atoms with Gasteiger partial charge in [0.25, 0.3) is 5.91 Å². The first-order valence-corrected chi connectivity index (χ1v) is 8.67. The quantitative estimate of drug-likeness (QED) is 0.852. The molecule has 2 N–H and O–H groups in total. The highest BCUT2D eigenvalue weighted by atomic mass is 19.1. The van der Waals surface area contributed by atoms with E-state index < -0.39 is 11.7 Å². The van der Waals surface area contributed by atoms with Crippen LogP contribution < -0.4 is 5.32 Å². The number of benzene rings is 1. The van der Waals surface area contributed by atoms with Gasteiger partial charge in [-0.3, -0.25) is 4.79 Å². The van der Waals surface area contributed by atoms with Crippen molar-refractivity contribution in [3.05, 3.63) is 42.0 Å². The van der Waals surface area contributed by atoms with Crippen molar-refractivity contribution in [1.82, 2.24) is 24.9 Å². The fourth-order valence-corrected chi connectivity index (χ4v) is 2.96. The van der Waals surface area contributed by atoms with E-state index in [1.807, 2.05) is 0 Å². The molecule has 1 fully saturated rings. The topological polar surface area (TPSA) is 90.7 Å². The minimum atomic E-state index is -0.503. The summed E-state index contributed by atoms with van der Waals surface area (Å²) in [5.74, 6) is -1.22. The van der Waals surface area contributed by atoms with E-state index in [0.29, 0.717) is 25.9 Å². The Bertz CT molecular complexity index is 843. The Balaban J connectivity index is 1.67. The van der Waals surface area contributed by atoms with Crippen LogP contribution in [0.4, 0.5) is 9.18 Å². The van der Waals surface area contributed by atoms with Crippen molar-refractivity contribution >= 4 is 11.9 Å². The number of likely N-dealkylation sites (tertiary alicyclic amines) is 1. The van der Waals surface area contributed by atoms with Gasteiger partial charge < -0.3 is 20.2 Å². The smallest absolute Gasteiger partial charge is 0.317 e. The average molecular weight is 375 g/mol. The molecule has 144 valence electrons. The maximum Gasteiger partial charge on any atom is 0.317 e. The van der Waals surface area contributed by atoms with E-state index in [4.69, 9.17) is 0 Å². The van der Waals surface area contributed by atoms with Crippen LogP contribution in [0.15, 0.2) is 30.5 Å². The number of hydrogen-bond donors (Lipinski definition) is 2. The summed E-state index contributed by atoms with van der Waals surface area (Å²) in [5.41, 5.74) is 0.0333. The molecule has 8 nitrogen and oxygen atoms in total. The first-order valence-electron chi connectivity index (χ1n) is 8.67. The molecule has 1 saturated heterocycles. The molecule has 1 aliphatic heterocycles. The van der Waals surface area contributed by atoms with Crippen LogP contribution in [0.2, 0.25) is 0 Å². The lowest BCUT2D eigenvalue weighted by Crippen LogP contribution is -2.48. The molecule has 1 aromatic heterocycles. The molecule has 0 bridgehead atoms. The summed E-state index contributed by atoms with van der Waals surface area (Å²) >= 11 is 0. The van der Waals surface area contributed by atoms with Gasteiger partial charge in [0, 0.05) is 33.2 Å². The molecule has 27 heavy (non-hydrogen) atoms. The minimum absolute atomic E-state index is 0.00600. The number of para-hydroxylation sites is 1. The lowest BCUT2D eigenvalue weighted by molar-refractivity contribution is 0.0697. The third kappa shape index (κ3) is 4.02. The maximum absolute atomic E-state index is 13.9. The van der Waals surface area contributed by atoms with Crippen LogP contribution in [0.25, 0.3) is 5.69 Å². The van der Waals surface area contributed by atoms with Gasteiger partial charge in [0.1, 0.15) is 11.5 Å². The van der Waals surface area contributed by atoms with E-state index in [-0.39, 0.29) is 29.2 Å². The second kappa shape index (κ2) is 7.65. The van der Waals surface area contributed by atoms with Crippen LogP contribution >= 0.6 is 0 Å². The number of halogens is 1. The van der Waals surface area contributed by atoms with Crippen LogP contribution in [0.1, 0.15) is 23.3 Å². The molecule has 1 aliphatic rings. The van der Waals surface area contributed by atoms with E-state index in [1.165, 1.54) is 23.2 Å². The van der Waals surface area contributed by atoms with Gasteiger partial charge in [-0.25, -0.2) is 13.9 Å². The zero-order chi connectivity index (χ0) is 19.6. The van der Waals surface area contributed by atoms with Crippen LogP contribution in [-0.2, 0) is 0 Å². The van der Waals surface area contributed by atoms with E-state index >= 15 is 0 Å². The number of aromatic nitrogens is 2. The number of amides is 3. The summed E-state index contributed by atoms with van der Waals surface area (Å²) in [6.45, 7) is 0.867. The third-order valence-corrected chi connectivity index (χ3v) is 4.51. The summed E-state index contributed by atoms with van der Waals surface area (Å²) in [7, 11) is 3.34. The van der Waals surface area contributed by atoms with E-state index in [0.717, 1.165) is 4.68 Å². The Hall–Kier alpha value is -3.10. The van der Waals surface area contributed by atoms with Gasteiger partial charge in [-0.1, -0.05) is 12.1 Å². The molecule has 3 rings (SSSR count). The second-order valence-corrected chi connectivity index (χ2v) is 6.67. The first-order chi connectivity index (χ1) is 12.9. The van der Waals surface area contributed by atoms with Crippen molar-refractivity contribution in [2.75, 3.05) is 27.2 Å². The predicted octanol–water partition coefficient (Wildman–Crippen LogP) is 1.59. The summed E-state index contributed by atoms with van der Waals surface area (Å²) in [6, 6.07) is 5.81. The number of nitrogens with one attached hydrogen (secondary N) is 1. The highest BCUT2D eigenvalue weighted by Gasteiger charge is 2.28. The Morgan fingerprint density at radius 1 is 1.26 bits per heavy atom. The minimum Gasteiger partial charge on any atom is -0.504 e. The van der Waals surface area contributed by atoms with E-state index in [1.54, 1.807) is 31.1 Å². The maximum atomic E-state index is 13.9. The van der Waals surface area contributed by atoms with Crippen molar-refractivity contribution in [2.45, 2.75) is 18.9 Å². The molecule has 0 aliphatic carbocycles. The molecule has 0 atom stereocenters. The number of aromatic hydroxyl groups is 1. The van der Waals surface area contributed by atoms with Crippen molar-refractivity contribution < 1.29 is 19.1 Å². The van der Waals surface area contributed by atoms with E-state index in [9.17, 15) is 19.1 Å². The molecule has 1 aromatic carbocycles. The summed E-state index contributed by atoms with van der Waals surface area (Å²) in [4.78, 5) is 27.4. The number of carbonyl (C=O) groups excluding carboxylic acids is 2. The Labute approximate surface area is 156 Å². The van der Waals surface area contributed by atoms with Crippen LogP contribution in [-0.4, -0.2) is 69.9 Å². The van der Waals surface area contributed by atoms with Gasteiger partial charge in [-0.15, -0.1) is 0 Å². The first kappa shape index (κ1) is 18.7. The fraction of sp³-hybridized carbons (Fsp3) is 0.389. The van der Waals surface area contributed by atoms with Gasteiger partial charge >= 0.3 is 6.03 Å². The highest BCUT2D eigenvalue weighted by molar-refractivity contribution is 5.95. The van der Waals surface area contributed by atoms with Gasteiger partial charge in [0.05, 0.1) is 6.20 Å². The SMILES string of the molecule is CN(C)C(=O)NC1CCN(C(=O)c2nn(-c3ccccc3F)cc2O)CC1. The lowest BCUT2D eigenvalue weighted by atomic mass is 10.0. The van der Waals surface area contributed by atoms with Crippen molar-refractivity contribution in [1.29, 1.82) is 0 Å².